The van der Waals surface area contributed by atoms with Crippen molar-refractivity contribution in [1.82, 2.24) is 0 Å². The van der Waals surface area contributed by atoms with Crippen molar-refractivity contribution in [1.29, 1.82) is 0 Å². The van der Waals surface area contributed by atoms with Gasteiger partial charge in [-0.25, -0.2) is 8.42 Å². The second-order valence-corrected chi connectivity index (χ2v) is 10.1. The third-order valence-electron chi connectivity index (χ3n) is 4.84. The van der Waals surface area contributed by atoms with E-state index in [9.17, 15) is 13.2 Å². The quantitative estimate of drug-likeness (QED) is 0.372. The second-order valence-electron chi connectivity index (χ2n) is 7.02. The van der Waals surface area contributed by atoms with Crippen LogP contribution >= 0.6 is 34.8 Å². The van der Waals surface area contributed by atoms with Crippen molar-refractivity contribution >= 4 is 62.1 Å². The number of rotatable bonds is 9. The maximum atomic E-state index is 13.8. The topological polar surface area (TPSA) is 94.2 Å². The molecule has 0 heterocycles. The normalized spacial score (nSPS) is 11.0. The third-order valence-corrected chi connectivity index (χ3v) is 7.57. The van der Waals surface area contributed by atoms with Gasteiger partial charge in [-0.2, -0.15) is 0 Å². The molecule has 0 aliphatic rings. The molecule has 3 aromatic carbocycles. The Labute approximate surface area is 218 Å². The molecule has 0 fully saturated rings. The van der Waals surface area contributed by atoms with E-state index in [2.05, 4.69) is 5.32 Å². The average molecular weight is 560 g/mol. The molecule has 3 rings (SSSR count). The number of sulfonamides is 1. The van der Waals surface area contributed by atoms with E-state index in [1.165, 1.54) is 63.8 Å². The molecular weight excluding hydrogens is 539 g/mol. The smallest absolute Gasteiger partial charge is 0.265 e. The van der Waals surface area contributed by atoms with Gasteiger partial charge in [0.2, 0.25) is 5.91 Å². The van der Waals surface area contributed by atoms with E-state index in [1.807, 2.05) is 0 Å². The van der Waals surface area contributed by atoms with Gasteiger partial charge in [0.15, 0.2) is 11.5 Å². The summed E-state index contributed by atoms with van der Waals surface area (Å²) in [5.74, 6) is 0.0952. The Morgan fingerprint density at radius 2 is 1.49 bits per heavy atom. The zero-order valence-electron chi connectivity index (χ0n) is 18.8. The molecule has 0 radical (unpaired) electrons. The molecule has 1 amide bonds. The summed E-state index contributed by atoms with van der Waals surface area (Å²) in [6, 6.07) is 13.0. The Bertz CT molecular complexity index is 1350. The lowest BCUT2D eigenvalue weighted by molar-refractivity contribution is -0.114. The van der Waals surface area contributed by atoms with E-state index in [0.29, 0.717) is 16.5 Å². The molecule has 0 aliphatic heterocycles. The van der Waals surface area contributed by atoms with Crippen LogP contribution in [0, 0.1) is 0 Å². The highest BCUT2D eigenvalue weighted by Crippen LogP contribution is 2.37. The molecule has 12 heteroatoms. The monoisotopic (exact) mass is 558 g/mol. The number of hydrogen-bond acceptors (Lipinski definition) is 6. The lowest BCUT2D eigenvalue weighted by Crippen LogP contribution is -2.38. The zero-order chi connectivity index (χ0) is 25.8. The van der Waals surface area contributed by atoms with Crippen LogP contribution in [0.25, 0.3) is 0 Å². The van der Waals surface area contributed by atoms with Gasteiger partial charge in [0, 0.05) is 16.8 Å². The maximum absolute atomic E-state index is 13.8. The first-order valence-electron chi connectivity index (χ1n) is 9.94. The number of amides is 1. The summed E-state index contributed by atoms with van der Waals surface area (Å²) in [6.45, 7) is -0.604. The van der Waals surface area contributed by atoms with Crippen LogP contribution in [0.15, 0.2) is 59.5 Å². The van der Waals surface area contributed by atoms with Crippen molar-refractivity contribution < 1.29 is 27.4 Å². The number of carbonyl (C=O) groups is 1. The van der Waals surface area contributed by atoms with Crippen LogP contribution in [0.2, 0.25) is 15.1 Å². The number of hydrogen-bond donors (Lipinski definition) is 1. The van der Waals surface area contributed by atoms with E-state index in [-0.39, 0.29) is 32.1 Å². The molecule has 0 aromatic heterocycles. The SMILES string of the molecule is COc1ccc(S(=O)(=O)N(CC(=O)Nc2ccc(Cl)c(Cl)c2)c2cc(Cl)ccc2OC)cc1OC. The minimum atomic E-state index is -4.31. The van der Waals surface area contributed by atoms with Crippen molar-refractivity contribution in [2.45, 2.75) is 4.90 Å². The highest BCUT2D eigenvalue weighted by atomic mass is 35.5. The first-order valence-corrected chi connectivity index (χ1v) is 12.5. The van der Waals surface area contributed by atoms with Crippen LogP contribution < -0.4 is 23.8 Å². The number of carbonyl (C=O) groups excluding carboxylic acids is 1. The summed E-state index contributed by atoms with van der Waals surface area (Å²) in [7, 11) is -0.115. The van der Waals surface area contributed by atoms with Gasteiger partial charge >= 0.3 is 0 Å². The summed E-state index contributed by atoms with van der Waals surface area (Å²) < 4.78 is 44.2. The molecule has 3 aromatic rings. The number of ether oxygens (including phenoxy) is 3. The lowest BCUT2D eigenvalue weighted by atomic mass is 10.3. The number of halogens is 3. The minimum absolute atomic E-state index is 0.0686. The Morgan fingerprint density at radius 1 is 0.829 bits per heavy atom. The van der Waals surface area contributed by atoms with E-state index in [0.717, 1.165) is 4.31 Å². The molecular formula is C23H21Cl3N2O6S. The van der Waals surface area contributed by atoms with Gasteiger partial charge in [-0.1, -0.05) is 34.8 Å². The Hall–Kier alpha value is -2.85. The fourth-order valence-corrected chi connectivity index (χ4v) is 5.07. The van der Waals surface area contributed by atoms with Gasteiger partial charge in [-0.15, -0.1) is 0 Å². The van der Waals surface area contributed by atoms with E-state index in [1.54, 1.807) is 12.1 Å². The van der Waals surface area contributed by atoms with Gasteiger partial charge in [-0.3, -0.25) is 9.10 Å². The van der Waals surface area contributed by atoms with Crippen LogP contribution in [0.3, 0.4) is 0 Å². The number of anilines is 2. The van der Waals surface area contributed by atoms with Crippen molar-refractivity contribution in [3.05, 3.63) is 69.7 Å². The van der Waals surface area contributed by atoms with Crippen LogP contribution in [0.5, 0.6) is 17.2 Å². The number of nitrogens with zero attached hydrogens (tertiary/aromatic N) is 1. The number of methoxy groups -OCH3 is 3. The summed E-state index contributed by atoms with van der Waals surface area (Å²) in [6.07, 6.45) is 0. The molecule has 0 bridgehead atoms. The maximum Gasteiger partial charge on any atom is 0.265 e. The molecule has 0 saturated heterocycles. The van der Waals surface area contributed by atoms with Crippen molar-refractivity contribution in [3.63, 3.8) is 0 Å². The third kappa shape index (κ3) is 6.05. The molecule has 0 unspecified atom stereocenters. The van der Waals surface area contributed by atoms with Crippen LogP contribution in [-0.4, -0.2) is 42.2 Å². The summed E-state index contributed by atoms with van der Waals surface area (Å²) in [5.41, 5.74) is 0.407. The van der Waals surface area contributed by atoms with Gasteiger partial charge in [0.25, 0.3) is 10.0 Å². The molecule has 0 saturated carbocycles. The molecule has 35 heavy (non-hydrogen) atoms. The van der Waals surface area contributed by atoms with Gasteiger partial charge in [-0.05, 0) is 48.5 Å². The van der Waals surface area contributed by atoms with Crippen LogP contribution in [0.4, 0.5) is 11.4 Å². The summed E-state index contributed by atoms with van der Waals surface area (Å²) >= 11 is 18.1. The van der Waals surface area contributed by atoms with E-state index < -0.39 is 22.5 Å². The van der Waals surface area contributed by atoms with Crippen molar-refractivity contribution in [3.8, 4) is 17.2 Å². The van der Waals surface area contributed by atoms with Gasteiger partial charge in [0.05, 0.1) is 42.0 Å². The Kier molecular flexibility index (Phi) is 8.60. The van der Waals surface area contributed by atoms with Gasteiger partial charge in [0.1, 0.15) is 12.3 Å². The molecule has 0 atom stereocenters. The predicted octanol–water partition coefficient (Wildman–Crippen LogP) is 5.51. The highest BCUT2D eigenvalue weighted by molar-refractivity contribution is 7.92. The fourth-order valence-electron chi connectivity index (χ4n) is 3.17. The van der Waals surface area contributed by atoms with Crippen molar-refractivity contribution in [2.75, 3.05) is 37.5 Å². The molecule has 186 valence electrons. The summed E-state index contributed by atoms with van der Waals surface area (Å²) in [5, 5.41) is 3.41. The molecule has 0 aliphatic carbocycles. The van der Waals surface area contributed by atoms with Crippen molar-refractivity contribution in [2.24, 2.45) is 0 Å². The molecule has 1 N–H and O–H groups in total. The van der Waals surface area contributed by atoms with Crippen LogP contribution in [-0.2, 0) is 14.8 Å². The average Bonchev–Trinajstić information content (AvgIpc) is 2.84. The molecule has 8 nitrogen and oxygen atoms in total. The predicted molar refractivity (Wildman–Crippen MR) is 137 cm³/mol. The van der Waals surface area contributed by atoms with Gasteiger partial charge < -0.3 is 19.5 Å². The zero-order valence-corrected chi connectivity index (χ0v) is 21.9. The lowest BCUT2D eigenvalue weighted by Gasteiger charge is -2.26. The standard InChI is InChI=1S/C23H21Cl3N2O6S/c1-32-20-8-4-14(24)10-19(20)28(13-23(29)27-15-5-7-17(25)18(26)11-15)35(30,31)16-6-9-21(33-2)22(12-16)34-3/h4-12H,13H2,1-3H3,(H,27,29). The van der Waals surface area contributed by atoms with E-state index >= 15 is 0 Å². The number of nitrogens with one attached hydrogen (secondary N) is 1. The fraction of sp³-hybridized carbons (Fsp3) is 0.174. The second kappa shape index (κ2) is 11.3. The first-order chi connectivity index (χ1) is 16.6. The Balaban J connectivity index is 2.07. The number of benzene rings is 3. The first kappa shape index (κ1) is 26.7. The highest BCUT2D eigenvalue weighted by Gasteiger charge is 2.31. The Morgan fingerprint density at radius 3 is 2.11 bits per heavy atom. The van der Waals surface area contributed by atoms with E-state index in [4.69, 9.17) is 49.0 Å². The van der Waals surface area contributed by atoms with Crippen LogP contribution in [0.1, 0.15) is 0 Å². The minimum Gasteiger partial charge on any atom is -0.495 e. The summed E-state index contributed by atoms with van der Waals surface area (Å²) in [4.78, 5) is 12.8. The largest absolute Gasteiger partial charge is 0.495 e. The molecule has 0 spiro atoms.